The average Bonchev–Trinajstić information content (AvgIpc) is 2.94. The fourth-order valence-corrected chi connectivity index (χ4v) is 6.78. The molecule has 0 aliphatic rings. The van der Waals surface area contributed by atoms with Crippen molar-refractivity contribution in [3.63, 3.8) is 0 Å². The van der Waals surface area contributed by atoms with Crippen molar-refractivity contribution in [1.29, 1.82) is 0 Å². The summed E-state index contributed by atoms with van der Waals surface area (Å²) >= 11 is 0. The van der Waals surface area contributed by atoms with Crippen molar-refractivity contribution in [2.75, 3.05) is 11.1 Å². The zero-order chi connectivity index (χ0) is 36.9. The monoisotopic (exact) mass is 760 g/mol. The third-order valence-corrected chi connectivity index (χ3v) is 9.64. The minimum Gasteiger partial charge on any atom is -0.505 e. The van der Waals surface area contributed by atoms with Gasteiger partial charge < -0.3 is 21.3 Å². The molecule has 0 heterocycles. The molecular formula is C24H20N6O15S4. The number of azo groups is 2. The molecule has 1 amide bonds. The second kappa shape index (κ2) is 12.7. The zero-order valence-corrected chi connectivity index (χ0v) is 27.2. The molecule has 0 radical (unpaired) electrons. The van der Waals surface area contributed by atoms with Crippen LogP contribution in [0.4, 0.5) is 34.1 Å². The number of phenols is 2. The molecule has 0 spiro atoms. The summed E-state index contributed by atoms with van der Waals surface area (Å²) in [5.74, 6) is -3.34. The first-order chi connectivity index (χ1) is 22.4. The van der Waals surface area contributed by atoms with Gasteiger partial charge in [0.15, 0.2) is 11.5 Å². The van der Waals surface area contributed by atoms with Crippen LogP contribution in [0.1, 0.15) is 6.92 Å². The number of nitrogens with two attached hydrogens (primary N) is 1. The number of hydrogen-bond donors (Lipinski definition) is 8. The van der Waals surface area contributed by atoms with Crippen molar-refractivity contribution >= 4 is 91.3 Å². The lowest BCUT2D eigenvalue weighted by Gasteiger charge is -2.13. The standard InChI is InChI=1S/C24H20N6O15S4/c1-10(31)26-13-3-5-15(17(9-13)47(37,38)39)28-30-22-19(49(43,44)45)7-11-6-18(48(40,41)42)21(23(32)20(11)24(22)33)29-27-14-4-2-12(25)8-16(14)46(34,35)36/h2-9,32-33H,25H2,1H3,(H,26,31)(H,34,35,36)(H,37,38,39)(H,40,41,42)(H,43,44,45)/b29-27+,30-28+. The minimum atomic E-state index is -5.41. The Morgan fingerprint density at radius 3 is 1.43 bits per heavy atom. The Labute approximate surface area is 275 Å². The summed E-state index contributed by atoms with van der Waals surface area (Å²) < 4.78 is 136. The summed E-state index contributed by atoms with van der Waals surface area (Å²) in [6.45, 7) is 1.09. The molecule has 21 nitrogen and oxygen atoms in total. The van der Waals surface area contributed by atoms with Crippen LogP contribution >= 0.6 is 0 Å². The van der Waals surface area contributed by atoms with Gasteiger partial charge in [-0.05, 0) is 53.9 Å². The van der Waals surface area contributed by atoms with Crippen LogP contribution in [-0.4, -0.2) is 68.0 Å². The first-order valence-electron chi connectivity index (χ1n) is 12.5. The van der Waals surface area contributed by atoms with Crippen molar-refractivity contribution < 1.29 is 66.9 Å². The summed E-state index contributed by atoms with van der Waals surface area (Å²) in [5, 5.41) is 36.8. The molecule has 4 aromatic rings. The lowest BCUT2D eigenvalue weighted by Crippen LogP contribution is -2.07. The number of benzene rings is 4. The van der Waals surface area contributed by atoms with Gasteiger partial charge in [0.25, 0.3) is 40.5 Å². The van der Waals surface area contributed by atoms with Gasteiger partial charge in [0.1, 0.15) is 42.3 Å². The molecule has 0 aromatic heterocycles. The van der Waals surface area contributed by atoms with Crippen molar-refractivity contribution in [1.82, 2.24) is 0 Å². The summed E-state index contributed by atoms with van der Waals surface area (Å²) in [7, 11) is -20.9. The SMILES string of the molecule is CC(=O)Nc1ccc(/N=N/c2c(S(=O)(=O)O)cc3cc(S(=O)(=O)O)c(/N=N/c4ccc(N)cc4S(=O)(=O)O)c(O)c3c2O)c(S(=O)(=O)O)c1. The normalized spacial score (nSPS) is 13.0. The molecule has 0 aliphatic carbocycles. The van der Waals surface area contributed by atoms with Gasteiger partial charge in [-0.15, -0.1) is 20.5 Å². The van der Waals surface area contributed by atoms with Crippen molar-refractivity contribution in [2.45, 2.75) is 26.5 Å². The molecule has 49 heavy (non-hydrogen) atoms. The predicted molar refractivity (Wildman–Crippen MR) is 166 cm³/mol. The zero-order valence-electron chi connectivity index (χ0n) is 24.0. The smallest absolute Gasteiger partial charge is 0.296 e. The van der Waals surface area contributed by atoms with Gasteiger partial charge in [0.2, 0.25) is 5.91 Å². The quantitative estimate of drug-likeness (QED) is 0.0686. The van der Waals surface area contributed by atoms with E-state index in [9.17, 15) is 66.9 Å². The third kappa shape index (κ3) is 7.95. The van der Waals surface area contributed by atoms with Crippen molar-refractivity contribution in [2.24, 2.45) is 20.5 Å². The third-order valence-electron chi connectivity index (χ3n) is 6.14. The number of hydrogen-bond acceptors (Lipinski definition) is 16. The maximum Gasteiger partial charge on any atom is 0.296 e. The summed E-state index contributed by atoms with van der Waals surface area (Å²) in [6.07, 6.45) is 0. The Kier molecular flexibility index (Phi) is 9.51. The van der Waals surface area contributed by atoms with E-state index in [1.807, 2.05) is 0 Å². The maximum absolute atomic E-state index is 12.3. The van der Waals surface area contributed by atoms with E-state index < -0.39 is 111 Å². The average molecular weight is 761 g/mol. The Hall–Kier alpha value is -5.15. The summed E-state index contributed by atoms with van der Waals surface area (Å²) in [4.78, 5) is 6.91. The molecule has 4 aromatic carbocycles. The van der Waals surface area contributed by atoms with Crippen LogP contribution in [0.5, 0.6) is 11.5 Å². The summed E-state index contributed by atoms with van der Waals surface area (Å²) in [5.41, 5.74) is 1.52. The number of anilines is 2. The number of rotatable bonds is 9. The molecule has 260 valence electrons. The van der Waals surface area contributed by atoms with Gasteiger partial charge in [0, 0.05) is 18.3 Å². The highest BCUT2D eigenvalue weighted by Crippen LogP contribution is 2.50. The number of phenolic OH excluding ortho intramolecular Hbond substituents is 2. The van der Waals surface area contributed by atoms with E-state index in [-0.39, 0.29) is 11.4 Å². The van der Waals surface area contributed by atoms with E-state index in [1.54, 1.807) is 0 Å². The Bertz CT molecular complexity index is 2590. The number of carbonyl (C=O) groups excluding carboxylic acids is 1. The number of carbonyl (C=O) groups is 1. The van der Waals surface area contributed by atoms with Gasteiger partial charge in [-0.3, -0.25) is 23.0 Å². The van der Waals surface area contributed by atoms with Crippen LogP contribution in [-0.2, 0) is 45.3 Å². The van der Waals surface area contributed by atoms with Crippen LogP contribution in [0.2, 0.25) is 0 Å². The molecule has 0 atom stereocenters. The number of fused-ring (bicyclic) bond motifs is 1. The Balaban J connectivity index is 2.05. The fourth-order valence-electron chi connectivity index (χ4n) is 4.16. The molecule has 0 saturated carbocycles. The highest BCUT2D eigenvalue weighted by atomic mass is 32.2. The van der Waals surface area contributed by atoms with Crippen LogP contribution in [0, 0.1) is 0 Å². The number of nitrogen functional groups attached to an aromatic ring is 1. The van der Waals surface area contributed by atoms with Gasteiger partial charge in [-0.25, -0.2) is 0 Å². The van der Waals surface area contributed by atoms with Crippen LogP contribution in [0.15, 0.2) is 88.6 Å². The van der Waals surface area contributed by atoms with Crippen molar-refractivity contribution in [3.05, 3.63) is 48.5 Å². The number of nitrogens with zero attached hydrogens (tertiary/aromatic N) is 4. The topological polar surface area (TPSA) is 363 Å². The van der Waals surface area contributed by atoms with E-state index in [0.717, 1.165) is 43.3 Å². The molecule has 0 unspecified atom stereocenters. The highest BCUT2D eigenvalue weighted by Gasteiger charge is 2.29. The van der Waals surface area contributed by atoms with E-state index in [0.29, 0.717) is 12.1 Å². The molecule has 9 N–H and O–H groups in total. The number of amides is 1. The number of aromatic hydroxyl groups is 2. The van der Waals surface area contributed by atoms with Gasteiger partial charge >= 0.3 is 0 Å². The van der Waals surface area contributed by atoms with Crippen molar-refractivity contribution in [3.8, 4) is 11.5 Å². The van der Waals surface area contributed by atoms with E-state index in [2.05, 4.69) is 25.8 Å². The highest BCUT2D eigenvalue weighted by molar-refractivity contribution is 7.86. The first kappa shape index (κ1) is 36.7. The van der Waals surface area contributed by atoms with Crippen LogP contribution < -0.4 is 11.1 Å². The lowest BCUT2D eigenvalue weighted by atomic mass is 10.1. The molecule has 0 aliphatic heterocycles. The molecular weight excluding hydrogens is 741 g/mol. The maximum atomic E-state index is 12.3. The van der Waals surface area contributed by atoms with Gasteiger partial charge in [-0.2, -0.15) is 33.7 Å². The second-order valence-electron chi connectivity index (χ2n) is 9.63. The van der Waals surface area contributed by atoms with E-state index >= 15 is 0 Å². The van der Waals surface area contributed by atoms with E-state index in [1.165, 1.54) is 0 Å². The Morgan fingerprint density at radius 2 is 1.02 bits per heavy atom. The molecule has 0 saturated heterocycles. The molecule has 4 rings (SSSR count). The Morgan fingerprint density at radius 1 is 0.612 bits per heavy atom. The molecule has 0 fully saturated rings. The van der Waals surface area contributed by atoms with Crippen LogP contribution in [0.3, 0.4) is 0 Å². The number of nitrogens with one attached hydrogen (secondary N) is 1. The van der Waals surface area contributed by atoms with Crippen LogP contribution in [0.25, 0.3) is 10.8 Å². The molecule has 25 heteroatoms. The van der Waals surface area contributed by atoms with E-state index in [4.69, 9.17) is 5.73 Å². The first-order valence-corrected chi connectivity index (χ1v) is 18.3. The summed E-state index contributed by atoms with van der Waals surface area (Å²) in [6, 6.07) is 6.47. The van der Waals surface area contributed by atoms with Gasteiger partial charge in [0.05, 0.1) is 5.39 Å². The minimum absolute atomic E-state index is 0.129. The predicted octanol–water partition coefficient (Wildman–Crippen LogP) is 3.61. The van der Waals surface area contributed by atoms with Gasteiger partial charge in [-0.1, -0.05) is 0 Å². The second-order valence-corrected chi connectivity index (χ2v) is 15.2. The lowest BCUT2D eigenvalue weighted by molar-refractivity contribution is -0.114. The molecule has 0 bridgehead atoms. The largest absolute Gasteiger partial charge is 0.505 e. The fraction of sp³-hybridized carbons (Fsp3) is 0.0417.